The summed E-state index contributed by atoms with van der Waals surface area (Å²) in [5.74, 6) is 0.305. The lowest BCUT2D eigenvalue weighted by atomic mass is 9.89. The predicted molar refractivity (Wildman–Crippen MR) is 97.3 cm³/mol. The minimum atomic E-state index is -0.129. The number of anilines is 1. The summed E-state index contributed by atoms with van der Waals surface area (Å²) in [5, 5.41) is 13.0. The fourth-order valence-electron chi connectivity index (χ4n) is 3.12. The Kier molecular flexibility index (Phi) is 3.89. The number of phenolic OH excluding ortho intramolecular Hbond substituents is 1. The summed E-state index contributed by atoms with van der Waals surface area (Å²) in [6, 6.07) is 15.1. The van der Waals surface area contributed by atoms with E-state index >= 15 is 0 Å². The molecule has 0 fully saturated rings. The van der Waals surface area contributed by atoms with Gasteiger partial charge in [0.15, 0.2) is 11.5 Å². The fraction of sp³-hybridized carbons (Fsp3) is 0.158. The first-order valence-electron chi connectivity index (χ1n) is 7.89. The number of aromatic nitrogens is 1. The SMILES string of the molecule is COc1ccc([C@H]2CC(=O)Nc3c(-c4ccccc4)nsc32)cc1O. The molecule has 0 radical (unpaired) electrons. The molecule has 1 atom stereocenters. The molecule has 4 rings (SSSR count). The lowest BCUT2D eigenvalue weighted by molar-refractivity contribution is -0.116. The van der Waals surface area contributed by atoms with Crippen molar-refractivity contribution in [3.05, 3.63) is 59.0 Å². The summed E-state index contributed by atoms with van der Waals surface area (Å²) in [5.41, 5.74) is 3.40. The summed E-state index contributed by atoms with van der Waals surface area (Å²) in [4.78, 5) is 13.3. The second kappa shape index (κ2) is 6.22. The molecular weight excluding hydrogens is 336 g/mol. The number of hydrogen-bond acceptors (Lipinski definition) is 5. The number of benzene rings is 2. The molecule has 5 nitrogen and oxygen atoms in total. The average Bonchev–Trinajstić information content (AvgIpc) is 3.05. The zero-order chi connectivity index (χ0) is 17.4. The van der Waals surface area contributed by atoms with Crippen molar-refractivity contribution >= 4 is 23.1 Å². The maximum Gasteiger partial charge on any atom is 0.225 e. The van der Waals surface area contributed by atoms with Crippen molar-refractivity contribution in [1.29, 1.82) is 0 Å². The number of aromatic hydroxyl groups is 1. The number of carbonyl (C=O) groups excluding carboxylic acids is 1. The van der Waals surface area contributed by atoms with Crippen LogP contribution in [0.2, 0.25) is 0 Å². The number of fused-ring (bicyclic) bond motifs is 1. The van der Waals surface area contributed by atoms with Gasteiger partial charge in [0.05, 0.1) is 17.7 Å². The maximum atomic E-state index is 12.3. The average molecular weight is 352 g/mol. The number of nitrogens with zero attached hydrogens (tertiary/aromatic N) is 1. The number of nitrogens with one attached hydrogen (secondary N) is 1. The Balaban J connectivity index is 1.80. The molecule has 0 unspecified atom stereocenters. The molecule has 2 heterocycles. The molecule has 1 aliphatic rings. The summed E-state index contributed by atoms with van der Waals surface area (Å²) >= 11 is 1.39. The van der Waals surface area contributed by atoms with E-state index in [0.29, 0.717) is 12.2 Å². The van der Waals surface area contributed by atoms with Crippen LogP contribution in [0, 0.1) is 0 Å². The van der Waals surface area contributed by atoms with Crippen LogP contribution in [0.25, 0.3) is 11.3 Å². The van der Waals surface area contributed by atoms with Gasteiger partial charge in [-0.2, -0.15) is 4.37 Å². The Morgan fingerprint density at radius 3 is 2.76 bits per heavy atom. The molecule has 25 heavy (non-hydrogen) atoms. The van der Waals surface area contributed by atoms with Crippen molar-refractivity contribution in [2.75, 3.05) is 12.4 Å². The van der Waals surface area contributed by atoms with Gasteiger partial charge in [-0.25, -0.2) is 0 Å². The third-order valence-corrected chi connectivity index (χ3v) is 5.30. The highest BCUT2D eigenvalue weighted by Crippen LogP contribution is 2.45. The van der Waals surface area contributed by atoms with Gasteiger partial charge in [-0.05, 0) is 29.2 Å². The van der Waals surface area contributed by atoms with Crippen LogP contribution in [-0.2, 0) is 4.79 Å². The Labute approximate surface area is 149 Å². The third-order valence-electron chi connectivity index (χ3n) is 4.34. The monoisotopic (exact) mass is 352 g/mol. The highest BCUT2D eigenvalue weighted by Gasteiger charge is 2.31. The van der Waals surface area contributed by atoms with E-state index in [1.807, 2.05) is 36.4 Å². The van der Waals surface area contributed by atoms with Gasteiger partial charge in [-0.3, -0.25) is 4.79 Å². The highest BCUT2D eigenvalue weighted by atomic mass is 32.1. The topological polar surface area (TPSA) is 71.5 Å². The number of amides is 1. The first-order valence-corrected chi connectivity index (χ1v) is 8.66. The molecule has 126 valence electrons. The Morgan fingerprint density at radius 2 is 2.04 bits per heavy atom. The van der Waals surface area contributed by atoms with Gasteiger partial charge in [0.25, 0.3) is 0 Å². The number of methoxy groups -OCH3 is 1. The molecule has 1 aromatic heterocycles. The molecule has 0 saturated heterocycles. The van der Waals surface area contributed by atoms with Crippen LogP contribution < -0.4 is 10.1 Å². The summed E-state index contributed by atoms with van der Waals surface area (Å²) in [6.07, 6.45) is 0.329. The third kappa shape index (κ3) is 2.74. The summed E-state index contributed by atoms with van der Waals surface area (Å²) < 4.78 is 9.67. The van der Waals surface area contributed by atoms with Crippen molar-refractivity contribution in [3.63, 3.8) is 0 Å². The first-order chi connectivity index (χ1) is 12.2. The number of phenols is 1. The molecule has 2 N–H and O–H groups in total. The van der Waals surface area contributed by atoms with E-state index in [9.17, 15) is 9.90 Å². The van der Waals surface area contributed by atoms with E-state index in [0.717, 1.165) is 27.4 Å². The van der Waals surface area contributed by atoms with E-state index < -0.39 is 0 Å². The van der Waals surface area contributed by atoms with Crippen LogP contribution in [0.3, 0.4) is 0 Å². The molecule has 6 heteroatoms. The molecule has 0 aliphatic carbocycles. The summed E-state index contributed by atoms with van der Waals surface area (Å²) in [6.45, 7) is 0. The Morgan fingerprint density at radius 1 is 1.24 bits per heavy atom. The zero-order valence-electron chi connectivity index (χ0n) is 13.5. The van der Waals surface area contributed by atoms with Gasteiger partial charge in [0.2, 0.25) is 5.91 Å². The van der Waals surface area contributed by atoms with E-state index in [4.69, 9.17) is 4.74 Å². The number of carbonyl (C=O) groups is 1. The standard InChI is InChI=1S/C19H16N2O3S/c1-24-15-8-7-12(9-14(15)22)13-10-16(23)20-18-17(21-25-19(13)18)11-5-3-2-4-6-11/h2-9,13,22H,10H2,1H3,(H,20,23)/t13-/m1/s1. The van der Waals surface area contributed by atoms with Crippen molar-refractivity contribution in [2.24, 2.45) is 0 Å². The lowest BCUT2D eigenvalue weighted by Gasteiger charge is -2.23. The minimum absolute atomic E-state index is 0.0508. The molecule has 3 aromatic rings. The summed E-state index contributed by atoms with van der Waals surface area (Å²) in [7, 11) is 1.51. The van der Waals surface area contributed by atoms with E-state index in [1.165, 1.54) is 18.6 Å². The van der Waals surface area contributed by atoms with E-state index in [2.05, 4.69) is 9.69 Å². The van der Waals surface area contributed by atoms with Gasteiger partial charge >= 0.3 is 0 Å². The van der Waals surface area contributed by atoms with E-state index in [-0.39, 0.29) is 17.6 Å². The van der Waals surface area contributed by atoms with Gasteiger partial charge in [-0.15, -0.1) is 0 Å². The zero-order valence-corrected chi connectivity index (χ0v) is 14.3. The van der Waals surface area contributed by atoms with Crippen LogP contribution in [0.1, 0.15) is 22.8 Å². The molecule has 2 aromatic carbocycles. The second-order valence-electron chi connectivity index (χ2n) is 5.87. The minimum Gasteiger partial charge on any atom is -0.504 e. The Hall–Kier alpha value is -2.86. The highest BCUT2D eigenvalue weighted by molar-refractivity contribution is 7.07. The number of rotatable bonds is 3. The van der Waals surface area contributed by atoms with Gasteiger partial charge < -0.3 is 15.2 Å². The maximum absolute atomic E-state index is 12.3. The molecule has 0 spiro atoms. The Bertz CT molecular complexity index is 937. The van der Waals surface area contributed by atoms with Crippen molar-refractivity contribution in [1.82, 2.24) is 4.37 Å². The van der Waals surface area contributed by atoms with E-state index in [1.54, 1.807) is 12.1 Å². The van der Waals surface area contributed by atoms with Crippen molar-refractivity contribution < 1.29 is 14.6 Å². The number of ether oxygens (including phenoxy) is 1. The van der Waals surface area contributed by atoms with Gasteiger partial charge in [0.1, 0.15) is 5.69 Å². The normalized spacial score (nSPS) is 16.2. The lowest BCUT2D eigenvalue weighted by Crippen LogP contribution is -2.22. The molecule has 1 aliphatic heterocycles. The molecule has 0 saturated carbocycles. The van der Waals surface area contributed by atoms with Crippen LogP contribution in [0.5, 0.6) is 11.5 Å². The quantitative estimate of drug-likeness (QED) is 0.747. The fourth-order valence-corrected chi connectivity index (χ4v) is 4.09. The molecule has 1 amide bonds. The molecular formula is C19H16N2O3S. The van der Waals surface area contributed by atoms with Crippen LogP contribution in [-0.4, -0.2) is 22.5 Å². The van der Waals surface area contributed by atoms with Crippen LogP contribution in [0.4, 0.5) is 5.69 Å². The van der Waals surface area contributed by atoms with Crippen LogP contribution >= 0.6 is 11.5 Å². The second-order valence-corrected chi connectivity index (χ2v) is 6.68. The van der Waals surface area contributed by atoms with Crippen LogP contribution in [0.15, 0.2) is 48.5 Å². The smallest absolute Gasteiger partial charge is 0.225 e. The largest absolute Gasteiger partial charge is 0.504 e. The van der Waals surface area contributed by atoms with Gasteiger partial charge in [0, 0.05) is 17.9 Å². The van der Waals surface area contributed by atoms with Crippen molar-refractivity contribution in [2.45, 2.75) is 12.3 Å². The van der Waals surface area contributed by atoms with Gasteiger partial charge in [-0.1, -0.05) is 36.4 Å². The number of hydrogen-bond donors (Lipinski definition) is 2. The van der Waals surface area contributed by atoms with Crippen molar-refractivity contribution in [3.8, 4) is 22.8 Å². The molecule has 0 bridgehead atoms. The predicted octanol–water partition coefficient (Wildman–Crippen LogP) is 4.00. The first kappa shape index (κ1) is 15.7.